The van der Waals surface area contributed by atoms with Crippen LogP contribution in [0, 0.1) is 0 Å². The summed E-state index contributed by atoms with van der Waals surface area (Å²) in [5.41, 5.74) is 1.59. The van der Waals surface area contributed by atoms with Gasteiger partial charge in [0.2, 0.25) is 0 Å². The first kappa shape index (κ1) is 25.9. The van der Waals surface area contributed by atoms with Crippen LogP contribution < -0.4 is 16.1 Å². The van der Waals surface area contributed by atoms with Crippen molar-refractivity contribution in [2.24, 2.45) is 0 Å². The lowest BCUT2D eigenvalue weighted by Crippen LogP contribution is -2.33. The Hall–Kier alpha value is -2.22. The van der Waals surface area contributed by atoms with Crippen molar-refractivity contribution in [1.29, 1.82) is 0 Å². The maximum absolute atomic E-state index is 13.8. The molecule has 2 aliphatic heterocycles. The van der Waals surface area contributed by atoms with Crippen LogP contribution in [0.15, 0.2) is 30.5 Å². The van der Waals surface area contributed by atoms with E-state index in [2.05, 4.69) is 20.6 Å². The lowest BCUT2D eigenvalue weighted by molar-refractivity contribution is -0.138. The topological polar surface area (TPSA) is 79.8 Å². The third kappa shape index (κ3) is 5.18. The summed E-state index contributed by atoms with van der Waals surface area (Å²) < 4.78 is 54.8. The van der Waals surface area contributed by atoms with E-state index in [-0.39, 0.29) is 12.4 Å². The number of halogens is 4. The van der Waals surface area contributed by atoms with Crippen molar-refractivity contribution in [3.05, 3.63) is 53.0 Å². The molecule has 0 spiro atoms. The molecule has 11 heteroatoms. The molecule has 0 aliphatic carbocycles. The molecule has 1 aromatic carbocycles. The Kier molecular flexibility index (Phi) is 7.41. The molecule has 3 aromatic rings. The Labute approximate surface area is 208 Å². The van der Waals surface area contributed by atoms with Crippen LogP contribution in [0.2, 0.25) is 0 Å². The molecule has 1 fully saturated rings. The summed E-state index contributed by atoms with van der Waals surface area (Å²) in [6.45, 7) is 3.22. The Morgan fingerprint density at radius 3 is 2.57 bits per heavy atom. The highest BCUT2D eigenvalue weighted by molar-refractivity contribution is 7.71. The number of alkyl halides is 3. The zero-order chi connectivity index (χ0) is 23.9. The van der Waals surface area contributed by atoms with Gasteiger partial charge < -0.3 is 15.2 Å². The van der Waals surface area contributed by atoms with E-state index < -0.39 is 24.9 Å². The number of rotatable bonds is 1. The molecule has 2 aliphatic rings. The second-order valence-corrected chi connectivity index (χ2v) is 12.2. The largest absolute Gasteiger partial charge is 0.416 e. The molecular formula is C24H28ClF3N5OP. The molecule has 4 heterocycles. The average Bonchev–Trinajstić information content (AvgIpc) is 2.83. The maximum atomic E-state index is 13.8. The van der Waals surface area contributed by atoms with Crippen molar-refractivity contribution in [3.63, 3.8) is 0 Å². The number of nitrogens with zero attached hydrogens (tertiary/aromatic N) is 3. The fraction of sp³-hybridized carbons (Fsp3) is 0.458. The molecule has 2 bridgehead atoms. The number of aromatic nitrogens is 3. The second kappa shape index (κ2) is 10.0. The standard InChI is InChI=1S/C24H27F3N5OP.ClH/c1-15-16-6-4-7-19(24(25,26)27)17(16)5-2-3-8-21-31-20-14-29-22(13-18(20)23(30-15)32-21)34(33)11-9-28-10-12-34;/h4,6-7,13-15,28H,2-3,5,8-12H2,1H3,(H,30,31,32);1H/t15-;/m1./s1. The predicted molar refractivity (Wildman–Crippen MR) is 135 cm³/mol. The number of fused-ring (bicyclic) bond motifs is 5. The Bertz CT molecular complexity index is 1280. The van der Waals surface area contributed by atoms with Gasteiger partial charge in [-0.2, -0.15) is 13.2 Å². The van der Waals surface area contributed by atoms with Crippen molar-refractivity contribution in [2.75, 3.05) is 30.7 Å². The van der Waals surface area contributed by atoms with E-state index in [4.69, 9.17) is 4.98 Å². The summed E-state index contributed by atoms with van der Waals surface area (Å²) in [5.74, 6) is 1.18. The van der Waals surface area contributed by atoms with E-state index in [9.17, 15) is 17.7 Å². The minimum atomic E-state index is -4.41. The van der Waals surface area contributed by atoms with Crippen molar-refractivity contribution >= 4 is 41.7 Å². The van der Waals surface area contributed by atoms with E-state index in [1.807, 2.05) is 13.0 Å². The van der Waals surface area contributed by atoms with Crippen molar-refractivity contribution < 1.29 is 17.7 Å². The Balaban J connectivity index is 0.00000289. The molecule has 1 atom stereocenters. The monoisotopic (exact) mass is 525 g/mol. The first-order valence-electron chi connectivity index (χ1n) is 11.7. The molecule has 35 heavy (non-hydrogen) atoms. The van der Waals surface area contributed by atoms with Crippen molar-refractivity contribution in [3.8, 4) is 0 Å². The van der Waals surface area contributed by atoms with Gasteiger partial charge in [-0.1, -0.05) is 12.1 Å². The minimum Gasteiger partial charge on any atom is -0.363 e. The highest BCUT2D eigenvalue weighted by Crippen LogP contribution is 2.45. The SMILES string of the molecule is C[C@H]1Nc2nc(nc3cnc(P4(=O)CCNCC4)cc23)CCCCc2c1cccc2C(F)(F)F.Cl. The highest BCUT2D eigenvalue weighted by atomic mass is 35.5. The number of aryl methyl sites for hydroxylation is 1. The molecule has 0 saturated carbocycles. The quantitative estimate of drug-likeness (QED) is 0.430. The minimum absolute atomic E-state index is 0. The number of nitrogens with one attached hydrogen (secondary N) is 2. The van der Waals surface area contributed by atoms with Gasteiger partial charge >= 0.3 is 6.18 Å². The molecule has 2 aromatic heterocycles. The molecule has 0 radical (unpaired) electrons. The van der Waals surface area contributed by atoms with Crippen LogP contribution in [-0.4, -0.2) is 40.4 Å². The Morgan fingerprint density at radius 2 is 1.83 bits per heavy atom. The summed E-state index contributed by atoms with van der Waals surface area (Å²) in [4.78, 5) is 13.9. The molecule has 2 N–H and O–H groups in total. The molecule has 6 nitrogen and oxygen atoms in total. The van der Waals surface area contributed by atoms with Crippen LogP contribution in [0.4, 0.5) is 19.0 Å². The summed E-state index contributed by atoms with van der Waals surface area (Å²) in [7, 11) is -2.61. The summed E-state index contributed by atoms with van der Waals surface area (Å²) in [6.07, 6.45) is 0.550. The zero-order valence-electron chi connectivity index (χ0n) is 19.4. The molecule has 0 amide bonds. The van der Waals surface area contributed by atoms with Gasteiger partial charge in [-0.15, -0.1) is 12.4 Å². The van der Waals surface area contributed by atoms with Gasteiger partial charge in [-0.25, -0.2) is 9.97 Å². The molecule has 188 valence electrons. The fourth-order valence-corrected chi connectivity index (χ4v) is 7.27. The highest BCUT2D eigenvalue weighted by Gasteiger charge is 2.35. The van der Waals surface area contributed by atoms with E-state index >= 15 is 0 Å². The molecule has 1 saturated heterocycles. The average molecular weight is 526 g/mol. The van der Waals surface area contributed by atoms with E-state index in [0.717, 1.165) is 6.07 Å². The van der Waals surface area contributed by atoms with Gasteiger partial charge in [0.05, 0.1) is 23.3 Å². The summed E-state index contributed by atoms with van der Waals surface area (Å²) in [6, 6.07) is 5.79. The van der Waals surface area contributed by atoms with E-state index in [0.29, 0.717) is 90.2 Å². The lowest BCUT2D eigenvalue weighted by atomic mass is 9.92. The number of benzene rings is 1. The van der Waals surface area contributed by atoms with Crippen LogP contribution >= 0.6 is 19.5 Å². The number of anilines is 1. The van der Waals surface area contributed by atoms with Crippen molar-refractivity contribution in [2.45, 2.75) is 44.8 Å². The van der Waals surface area contributed by atoms with Crippen LogP contribution in [0.3, 0.4) is 0 Å². The number of hydrogen-bond donors (Lipinski definition) is 2. The zero-order valence-corrected chi connectivity index (χ0v) is 21.1. The van der Waals surface area contributed by atoms with Crippen LogP contribution in [-0.2, 0) is 23.6 Å². The predicted octanol–water partition coefficient (Wildman–Crippen LogP) is 5.11. The third-order valence-electron chi connectivity index (χ3n) is 6.75. The fourth-order valence-electron chi connectivity index (χ4n) is 4.92. The van der Waals surface area contributed by atoms with E-state index in [1.54, 1.807) is 12.3 Å². The normalized spacial score (nSPS) is 20.2. The summed E-state index contributed by atoms with van der Waals surface area (Å²) in [5, 5.41) is 7.28. The van der Waals surface area contributed by atoms with Crippen LogP contribution in [0.1, 0.15) is 48.3 Å². The van der Waals surface area contributed by atoms with Gasteiger partial charge in [0.1, 0.15) is 24.2 Å². The lowest BCUT2D eigenvalue weighted by Gasteiger charge is -2.24. The third-order valence-corrected chi connectivity index (χ3v) is 9.72. The number of pyridine rings is 1. The first-order chi connectivity index (χ1) is 16.2. The molecule has 5 rings (SSSR count). The first-order valence-corrected chi connectivity index (χ1v) is 13.7. The van der Waals surface area contributed by atoms with Gasteiger partial charge in [-0.05, 0) is 49.4 Å². The number of hydrogen-bond acceptors (Lipinski definition) is 6. The van der Waals surface area contributed by atoms with Gasteiger partial charge in [-0.3, -0.25) is 4.98 Å². The molecule has 0 unspecified atom stereocenters. The van der Waals surface area contributed by atoms with Gasteiger partial charge in [0.25, 0.3) is 0 Å². The van der Waals surface area contributed by atoms with Crippen LogP contribution in [0.5, 0.6) is 0 Å². The molecular weight excluding hydrogens is 498 g/mol. The summed E-state index contributed by atoms with van der Waals surface area (Å²) >= 11 is 0. The second-order valence-electron chi connectivity index (χ2n) is 9.08. The van der Waals surface area contributed by atoms with E-state index in [1.165, 1.54) is 6.07 Å². The Morgan fingerprint density at radius 1 is 1.09 bits per heavy atom. The maximum Gasteiger partial charge on any atom is 0.416 e. The van der Waals surface area contributed by atoms with Crippen LogP contribution in [0.25, 0.3) is 10.9 Å². The van der Waals surface area contributed by atoms with Gasteiger partial charge in [0.15, 0.2) is 0 Å². The van der Waals surface area contributed by atoms with Crippen molar-refractivity contribution in [1.82, 2.24) is 20.3 Å². The smallest absolute Gasteiger partial charge is 0.363 e. The van der Waals surface area contributed by atoms with Gasteiger partial charge in [0, 0.05) is 37.2 Å².